The number of likely N-dealkylation sites (tertiary alicyclic amines) is 1. The number of carbonyl (C=O) groups excluding carboxylic acids is 2. The summed E-state index contributed by atoms with van der Waals surface area (Å²) in [5, 5.41) is 12.4. The highest BCUT2D eigenvalue weighted by atomic mass is 16.5. The Hall–Kier alpha value is -2.86. The lowest BCUT2D eigenvalue weighted by molar-refractivity contribution is -0.176. The molecule has 0 radical (unpaired) electrons. The monoisotopic (exact) mass is 380 g/mol. The molecule has 1 fully saturated rings. The van der Waals surface area contributed by atoms with E-state index in [-0.39, 0.29) is 30.9 Å². The minimum Gasteiger partial charge on any atom is -0.468 e. The topological polar surface area (TPSA) is 78.9 Å². The van der Waals surface area contributed by atoms with Crippen LogP contribution in [-0.4, -0.2) is 40.7 Å². The molecule has 2 N–H and O–H groups in total. The van der Waals surface area contributed by atoms with Crippen molar-refractivity contribution in [2.75, 3.05) is 18.5 Å². The highest BCUT2D eigenvalue weighted by Crippen LogP contribution is 2.50. The van der Waals surface area contributed by atoms with E-state index >= 15 is 0 Å². The molecule has 1 saturated heterocycles. The fourth-order valence-corrected chi connectivity index (χ4v) is 4.38. The Morgan fingerprint density at radius 1 is 1.25 bits per heavy atom. The first kappa shape index (κ1) is 18.5. The number of nitrogens with one attached hydrogen (secondary N) is 1. The number of hydrogen-bond donors (Lipinski definition) is 2. The number of fused-ring (bicyclic) bond motifs is 4. The molecule has 2 heterocycles. The van der Waals surface area contributed by atoms with E-state index in [2.05, 4.69) is 5.32 Å². The number of rotatable bonds is 4. The van der Waals surface area contributed by atoms with Crippen molar-refractivity contribution in [3.63, 3.8) is 0 Å². The Morgan fingerprint density at radius 3 is 2.71 bits per heavy atom. The van der Waals surface area contributed by atoms with Crippen LogP contribution in [0.1, 0.15) is 30.4 Å². The number of benzene rings is 2. The molecular weight excluding hydrogens is 356 g/mol. The standard InChI is InChI=1S/C22H24N2O4/c1-14-7-3-5-9-17(14)23-20(26)19-16-13-22(2,24(11-12-25)21(19)27)28-18-10-6-4-8-15(16)18/h3-10,16,19,25H,11-13H2,1-2H3,(H,23,26)/t16-,19-,22+/m0/s1. The van der Waals surface area contributed by atoms with E-state index in [4.69, 9.17) is 4.74 Å². The number of aliphatic hydroxyl groups excluding tert-OH is 1. The van der Waals surface area contributed by atoms with Crippen molar-refractivity contribution in [2.45, 2.75) is 31.9 Å². The minimum atomic E-state index is -0.877. The van der Waals surface area contributed by atoms with Crippen molar-refractivity contribution >= 4 is 17.5 Å². The molecule has 6 heteroatoms. The number of β-amino-alcohol motifs (C(OH)–C–C–N with tert-alkyl or cyclic N) is 1. The van der Waals surface area contributed by atoms with Gasteiger partial charge in [0.05, 0.1) is 6.61 Å². The maximum Gasteiger partial charge on any atom is 0.238 e. The van der Waals surface area contributed by atoms with E-state index in [1.807, 2.05) is 62.4 Å². The lowest BCUT2D eigenvalue weighted by Crippen LogP contribution is -2.64. The van der Waals surface area contributed by atoms with Gasteiger partial charge in [-0.25, -0.2) is 0 Å². The molecule has 0 aromatic heterocycles. The van der Waals surface area contributed by atoms with E-state index in [1.54, 1.807) is 0 Å². The Labute approximate surface area is 164 Å². The number of ether oxygens (including phenoxy) is 1. The third-order valence-corrected chi connectivity index (χ3v) is 5.76. The summed E-state index contributed by atoms with van der Waals surface area (Å²) in [6, 6.07) is 15.1. The normalized spacial score (nSPS) is 25.7. The van der Waals surface area contributed by atoms with Crippen LogP contribution < -0.4 is 10.1 Å². The summed E-state index contributed by atoms with van der Waals surface area (Å²) in [7, 11) is 0. The van der Waals surface area contributed by atoms with Crippen molar-refractivity contribution in [1.29, 1.82) is 0 Å². The third-order valence-electron chi connectivity index (χ3n) is 5.76. The molecule has 2 aromatic rings. The van der Waals surface area contributed by atoms with Crippen LogP contribution in [0.5, 0.6) is 5.75 Å². The summed E-state index contributed by atoms with van der Waals surface area (Å²) in [4.78, 5) is 28.1. The van der Waals surface area contributed by atoms with E-state index in [9.17, 15) is 14.7 Å². The predicted molar refractivity (Wildman–Crippen MR) is 105 cm³/mol. The number of piperidine rings is 1. The molecule has 146 valence electrons. The molecule has 6 nitrogen and oxygen atoms in total. The number of anilines is 1. The quantitative estimate of drug-likeness (QED) is 0.800. The number of amides is 2. The fourth-order valence-electron chi connectivity index (χ4n) is 4.38. The van der Waals surface area contributed by atoms with Gasteiger partial charge in [-0.1, -0.05) is 36.4 Å². The molecule has 0 aliphatic carbocycles. The molecule has 28 heavy (non-hydrogen) atoms. The first-order valence-electron chi connectivity index (χ1n) is 9.51. The van der Waals surface area contributed by atoms with Crippen LogP contribution in [0, 0.1) is 12.8 Å². The van der Waals surface area contributed by atoms with Crippen molar-refractivity contribution in [2.24, 2.45) is 5.92 Å². The average Bonchev–Trinajstić information content (AvgIpc) is 2.67. The maximum absolute atomic E-state index is 13.3. The summed E-state index contributed by atoms with van der Waals surface area (Å²) < 4.78 is 6.15. The molecule has 3 atom stereocenters. The van der Waals surface area contributed by atoms with Gasteiger partial charge in [-0.05, 0) is 37.1 Å². The Kier molecular flexibility index (Phi) is 4.59. The van der Waals surface area contributed by atoms with Crippen molar-refractivity contribution in [1.82, 2.24) is 4.90 Å². The van der Waals surface area contributed by atoms with Crippen LogP contribution in [0.2, 0.25) is 0 Å². The van der Waals surface area contributed by atoms with Crippen LogP contribution in [-0.2, 0) is 9.59 Å². The van der Waals surface area contributed by atoms with Gasteiger partial charge in [0.15, 0.2) is 5.72 Å². The molecule has 4 rings (SSSR count). The van der Waals surface area contributed by atoms with Crippen LogP contribution in [0.3, 0.4) is 0 Å². The third kappa shape index (κ3) is 2.94. The van der Waals surface area contributed by atoms with Gasteiger partial charge in [-0.15, -0.1) is 0 Å². The van der Waals surface area contributed by atoms with Crippen LogP contribution in [0.15, 0.2) is 48.5 Å². The van der Waals surface area contributed by atoms with Gasteiger partial charge < -0.3 is 20.1 Å². The average molecular weight is 380 g/mol. The molecule has 0 spiro atoms. The van der Waals surface area contributed by atoms with E-state index < -0.39 is 11.6 Å². The van der Waals surface area contributed by atoms with Gasteiger partial charge in [-0.3, -0.25) is 9.59 Å². The van der Waals surface area contributed by atoms with Gasteiger partial charge in [-0.2, -0.15) is 0 Å². The van der Waals surface area contributed by atoms with Crippen LogP contribution in [0.25, 0.3) is 0 Å². The zero-order chi connectivity index (χ0) is 19.9. The van der Waals surface area contributed by atoms with Crippen molar-refractivity contribution in [3.8, 4) is 5.75 Å². The first-order chi connectivity index (χ1) is 13.4. The Bertz CT molecular complexity index is 928. The van der Waals surface area contributed by atoms with E-state index in [0.717, 1.165) is 11.1 Å². The van der Waals surface area contributed by atoms with E-state index in [0.29, 0.717) is 17.9 Å². The van der Waals surface area contributed by atoms with Gasteiger partial charge in [0.25, 0.3) is 0 Å². The zero-order valence-corrected chi connectivity index (χ0v) is 16.0. The Balaban J connectivity index is 1.74. The van der Waals surface area contributed by atoms with Gasteiger partial charge in [0.1, 0.15) is 11.7 Å². The fraction of sp³-hybridized carbons (Fsp3) is 0.364. The highest BCUT2D eigenvalue weighted by molar-refractivity contribution is 6.08. The van der Waals surface area contributed by atoms with Gasteiger partial charge in [0, 0.05) is 24.6 Å². The number of nitrogens with zero attached hydrogens (tertiary/aromatic N) is 1. The summed E-state index contributed by atoms with van der Waals surface area (Å²) >= 11 is 0. The Morgan fingerprint density at radius 2 is 1.96 bits per heavy atom. The lowest BCUT2D eigenvalue weighted by atomic mass is 9.73. The maximum atomic E-state index is 13.3. The lowest BCUT2D eigenvalue weighted by Gasteiger charge is -2.52. The molecule has 2 aliphatic heterocycles. The van der Waals surface area contributed by atoms with Crippen LogP contribution in [0.4, 0.5) is 5.69 Å². The number of carbonyl (C=O) groups is 2. The summed E-state index contributed by atoms with van der Waals surface area (Å²) in [6.07, 6.45) is 0.502. The second-order valence-corrected chi connectivity index (χ2v) is 7.62. The summed E-state index contributed by atoms with van der Waals surface area (Å²) in [5.41, 5.74) is 1.63. The summed E-state index contributed by atoms with van der Waals surface area (Å²) in [5.74, 6) is -1.10. The zero-order valence-electron chi connectivity index (χ0n) is 16.0. The van der Waals surface area contributed by atoms with Crippen LogP contribution >= 0.6 is 0 Å². The minimum absolute atomic E-state index is 0.123. The molecule has 2 aliphatic rings. The predicted octanol–water partition coefficient (Wildman–Crippen LogP) is 2.67. The van der Waals surface area contributed by atoms with Crippen molar-refractivity contribution in [3.05, 3.63) is 59.7 Å². The van der Waals surface area contributed by atoms with Crippen molar-refractivity contribution < 1.29 is 19.4 Å². The molecule has 0 unspecified atom stereocenters. The second-order valence-electron chi connectivity index (χ2n) is 7.62. The molecule has 2 bridgehead atoms. The second kappa shape index (κ2) is 6.95. The molecule has 2 amide bonds. The number of hydrogen-bond acceptors (Lipinski definition) is 4. The molecule has 0 saturated carbocycles. The smallest absolute Gasteiger partial charge is 0.238 e. The number of para-hydroxylation sites is 2. The van der Waals surface area contributed by atoms with Gasteiger partial charge in [0.2, 0.25) is 11.8 Å². The highest BCUT2D eigenvalue weighted by Gasteiger charge is 2.55. The summed E-state index contributed by atoms with van der Waals surface area (Å²) in [6.45, 7) is 3.69. The van der Waals surface area contributed by atoms with E-state index in [1.165, 1.54) is 4.90 Å². The number of aliphatic hydroxyl groups is 1. The molecular formula is C22H24N2O4. The molecule has 2 aromatic carbocycles. The van der Waals surface area contributed by atoms with Gasteiger partial charge >= 0.3 is 0 Å². The SMILES string of the molecule is Cc1ccccc1NC(=O)[C@H]1C(=O)N(CCO)[C@@]2(C)C[C@H]1c1ccccc1O2. The largest absolute Gasteiger partial charge is 0.468 e. The number of aryl methyl sites for hydroxylation is 1. The first-order valence-corrected chi connectivity index (χ1v) is 9.51.